The van der Waals surface area contributed by atoms with Gasteiger partial charge in [-0.05, 0) is 110 Å². The van der Waals surface area contributed by atoms with Crippen LogP contribution in [0.4, 0.5) is 14.9 Å². The fraction of sp³-hybridized carbons (Fsp3) is 0.391. The number of benzene rings is 2. The van der Waals surface area contributed by atoms with Gasteiger partial charge in [-0.2, -0.15) is 5.26 Å². The summed E-state index contributed by atoms with van der Waals surface area (Å²) >= 11 is 1.00. The average molecular weight is 426 g/mol. The fourth-order valence-corrected chi connectivity index (χ4v) is 5.08. The van der Waals surface area contributed by atoms with Crippen molar-refractivity contribution in [2.45, 2.75) is 62.9 Å². The van der Waals surface area contributed by atoms with E-state index in [1.807, 2.05) is 0 Å². The van der Waals surface area contributed by atoms with Gasteiger partial charge in [0, 0.05) is 10.6 Å². The first-order valence-corrected chi connectivity index (χ1v) is 11.0. The molecule has 7 heteroatoms. The minimum Gasteiger partial charge on any atom is -0.386 e. The van der Waals surface area contributed by atoms with Gasteiger partial charge in [0.25, 0.3) is 0 Å². The summed E-state index contributed by atoms with van der Waals surface area (Å²) in [4.78, 5) is 13.2. The molecule has 0 atom stereocenters. The number of amides is 2. The van der Waals surface area contributed by atoms with Crippen LogP contribution in [-0.2, 0) is 31.3 Å². The first kappa shape index (κ1) is 20.7. The largest absolute Gasteiger partial charge is 0.386 e. The van der Waals surface area contributed by atoms with Gasteiger partial charge in [0.2, 0.25) is 0 Å². The Labute approximate surface area is 179 Å². The molecular formula is C23H24FN3O2S. The maximum absolute atomic E-state index is 13.9. The normalized spacial score (nSPS) is 14.8. The zero-order valence-corrected chi connectivity index (χ0v) is 17.9. The lowest BCUT2D eigenvalue weighted by Gasteiger charge is -2.19. The van der Waals surface area contributed by atoms with Crippen LogP contribution >= 0.6 is 11.9 Å². The van der Waals surface area contributed by atoms with E-state index >= 15 is 0 Å². The summed E-state index contributed by atoms with van der Waals surface area (Å²) in [6.07, 6.45) is 5.44. The number of rotatable bonds is 4. The minimum absolute atomic E-state index is 0.387. The number of nitriles is 1. The summed E-state index contributed by atoms with van der Waals surface area (Å²) in [7, 11) is 0. The molecule has 0 aliphatic heterocycles. The van der Waals surface area contributed by atoms with Crippen molar-refractivity contribution in [3.05, 3.63) is 57.4 Å². The highest BCUT2D eigenvalue weighted by atomic mass is 32.2. The van der Waals surface area contributed by atoms with Crippen molar-refractivity contribution < 1.29 is 14.3 Å². The Kier molecular flexibility index (Phi) is 5.48. The van der Waals surface area contributed by atoms with Gasteiger partial charge in [0.15, 0.2) is 0 Å². The maximum atomic E-state index is 13.9. The number of aliphatic hydroxyl groups is 1. The molecule has 4 rings (SSSR count). The molecule has 0 radical (unpaired) electrons. The van der Waals surface area contributed by atoms with Crippen molar-refractivity contribution >= 4 is 23.7 Å². The van der Waals surface area contributed by atoms with Crippen LogP contribution in [0.15, 0.2) is 23.1 Å². The van der Waals surface area contributed by atoms with E-state index in [1.165, 1.54) is 12.1 Å². The minimum atomic E-state index is -1.18. The molecule has 30 heavy (non-hydrogen) atoms. The lowest BCUT2D eigenvalue weighted by Crippen LogP contribution is -2.24. The third kappa shape index (κ3) is 3.90. The second-order valence-corrected chi connectivity index (χ2v) is 9.26. The lowest BCUT2D eigenvalue weighted by molar-refractivity contribution is 0.0780. The number of carbonyl (C=O) groups is 1. The third-order valence-corrected chi connectivity index (χ3v) is 6.59. The number of urea groups is 1. The van der Waals surface area contributed by atoms with E-state index in [-0.39, 0.29) is 6.03 Å². The first-order chi connectivity index (χ1) is 14.3. The number of fused-ring (bicyclic) bond motifs is 2. The van der Waals surface area contributed by atoms with E-state index in [4.69, 9.17) is 0 Å². The van der Waals surface area contributed by atoms with E-state index in [0.29, 0.717) is 10.5 Å². The molecule has 0 heterocycles. The maximum Gasteiger partial charge on any atom is 0.329 e. The average Bonchev–Trinajstić information content (AvgIpc) is 3.35. The standard InChI is InChI=1S/C23H24FN3O2S/c1-23(2,29)13-9-14(24)11-15(10-13)30-27-22(28)26-21-18-7-3-5-16(18)20(12-25)17-6-4-8-19(17)21/h9-11,29H,3-8H2,1-2H3,(H2,26,27,28). The number of nitrogens with one attached hydrogen (secondary N) is 2. The molecule has 2 aromatic carbocycles. The smallest absolute Gasteiger partial charge is 0.329 e. The quantitative estimate of drug-likeness (QED) is 0.618. The number of anilines is 1. The summed E-state index contributed by atoms with van der Waals surface area (Å²) in [5.41, 5.74) is 5.27. The molecule has 0 fully saturated rings. The van der Waals surface area contributed by atoms with Gasteiger partial charge in [0.1, 0.15) is 5.82 Å². The number of nitrogens with zero attached hydrogens (tertiary/aromatic N) is 1. The van der Waals surface area contributed by atoms with E-state index in [9.17, 15) is 19.6 Å². The Morgan fingerprint density at radius 2 is 1.70 bits per heavy atom. The van der Waals surface area contributed by atoms with E-state index < -0.39 is 11.4 Å². The topological polar surface area (TPSA) is 85.2 Å². The van der Waals surface area contributed by atoms with Gasteiger partial charge < -0.3 is 10.4 Å². The zero-order chi connectivity index (χ0) is 21.5. The second kappa shape index (κ2) is 7.93. The van der Waals surface area contributed by atoms with E-state index in [2.05, 4.69) is 16.1 Å². The van der Waals surface area contributed by atoms with Gasteiger partial charge in [-0.15, -0.1) is 0 Å². The number of carbonyl (C=O) groups excluding carboxylic acids is 1. The Bertz CT molecular complexity index is 1030. The number of hydrogen-bond donors (Lipinski definition) is 3. The van der Waals surface area contributed by atoms with Gasteiger partial charge >= 0.3 is 6.03 Å². The van der Waals surface area contributed by atoms with E-state index in [1.54, 1.807) is 19.9 Å². The van der Waals surface area contributed by atoms with Crippen LogP contribution in [0.5, 0.6) is 0 Å². The van der Waals surface area contributed by atoms with Gasteiger partial charge in [-0.25, -0.2) is 9.18 Å². The van der Waals surface area contributed by atoms with Crippen molar-refractivity contribution in [3.8, 4) is 6.07 Å². The Balaban J connectivity index is 1.54. The van der Waals surface area contributed by atoms with Crippen LogP contribution in [0.3, 0.4) is 0 Å². The van der Waals surface area contributed by atoms with Crippen LogP contribution in [0, 0.1) is 17.1 Å². The monoisotopic (exact) mass is 425 g/mol. The highest BCUT2D eigenvalue weighted by Crippen LogP contribution is 2.41. The zero-order valence-electron chi connectivity index (χ0n) is 17.1. The predicted octanol–water partition coefficient (Wildman–Crippen LogP) is 4.73. The molecule has 2 aliphatic rings. The van der Waals surface area contributed by atoms with Crippen LogP contribution < -0.4 is 10.0 Å². The molecule has 2 aliphatic carbocycles. The van der Waals surface area contributed by atoms with Gasteiger partial charge in [-0.3, -0.25) is 4.72 Å². The molecule has 0 spiro atoms. The SMILES string of the molecule is CC(C)(O)c1cc(F)cc(SNC(=O)Nc2c3c(c(C#N)c4c2CCC4)CCC3)c1. The number of hydrogen-bond acceptors (Lipinski definition) is 4. The Morgan fingerprint density at radius 3 is 2.27 bits per heavy atom. The summed E-state index contributed by atoms with van der Waals surface area (Å²) in [5.74, 6) is -0.470. The van der Waals surface area contributed by atoms with E-state index in [0.717, 1.165) is 84.0 Å². The molecule has 0 saturated heterocycles. The van der Waals surface area contributed by atoms with Crippen molar-refractivity contribution in [3.63, 3.8) is 0 Å². The van der Waals surface area contributed by atoms with Crippen LogP contribution in [-0.4, -0.2) is 11.1 Å². The molecule has 0 unspecified atom stereocenters. The third-order valence-electron chi connectivity index (χ3n) is 5.83. The summed E-state index contributed by atoms with van der Waals surface area (Å²) < 4.78 is 16.6. The molecular weight excluding hydrogens is 401 g/mol. The second-order valence-electron chi connectivity index (χ2n) is 8.38. The molecule has 2 amide bonds. The van der Waals surface area contributed by atoms with Gasteiger partial charge in [0.05, 0.1) is 17.2 Å². The van der Waals surface area contributed by atoms with Crippen molar-refractivity contribution in [2.24, 2.45) is 0 Å². The molecule has 2 aromatic rings. The molecule has 3 N–H and O–H groups in total. The molecule has 0 saturated carbocycles. The highest BCUT2D eigenvalue weighted by Gasteiger charge is 2.29. The van der Waals surface area contributed by atoms with Crippen molar-refractivity contribution in [1.29, 1.82) is 5.26 Å². The lowest BCUT2D eigenvalue weighted by atomic mass is 9.93. The summed E-state index contributed by atoms with van der Waals surface area (Å²) in [5, 5.41) is 22.8. The predicted molar refractivity (Wildman–Crippen MR) is 115 cm³/mol. The van der Waals surface area contributed by atoms with Crippen molar-refractivity contribution in [2.75, 3.05) is 5.32 Å². The first-order valence-electron chi connectivity index (χ1n) is 10.1. The Morgan fingerprint density at radius 1 is 1.10 bits per heavy atom. The number of halogens is 1. The fourth-order valence-electron chi connectivity index (χ4n) is 4.46. The summed E-state index contributed by atoms with van der Waals surface area (Å²) in [6, 6.07) is 6.26. The Hall–Kier alpha value is -2.56. The van der Waals surface area contributed by atoms with Crippen LogP contribution in [0.1, 0.15) is 60.1 Å². The highest BCUT2D eigenvalue weighted by molar-refractivity contribution is 7.98. The van der Waals surface area contributed by atoms with Crippen LogP contribution in [0.25, 0.3) is 0 Å². The molecule has 156 valence electrons. The van der Waals surface area contributed by atoms with Gasteiger partial charge in [-0.1, -0.05) is 0 Å². The molecule has 0 aromatic heterocycles. The summed E-state index contributed by atoms with van der Waals surface area (Å²) in [6.45, 7) is 3.17. The molecule has 5 nitrogen and oxygen atoms in total. The van der Waals surface area contributed by atoms with Crippen LogP contribution in [0.2, 0.25) is 0 Å². The van der Waals surface area contributed by atoms with Crippen molar-refractivity contribution in [1.82, 2.24) is 4.72 Å². The molecule has 0 bridgehead atoms.